The number of ether oxygens (including phenoxy) is 1. The summed E-state index contributed by atoms with van der Waals surface area (Å²) in [5.41, 5.74) is 0.225. The number of rotatable bonds is 7. The summed E-state index contributed by atoms with van der Waals surface area (Å²) in [7, 11) is 0. The maximum Gasteiger partial charge on any atom is 0.325 e. The van der Waals surface area contributed by atoms with Crippen LogP contribution < -0.4 is 10.6 Å². The number of amides is 2. The van der Waals surface area contributed by atoms with Gasteiger partial charge in [0, 0.05) is 6.04 Å². The summed E-state index contributed by atoms with van der Waals surface area (Å²) < 4.78 is 5.03. The molecule has 5 rings (SSSR count). The molecule has 2 amide bonds. The molecule has 152 valence electrons. The normalized spacial score (nSPS) is 31.2. The van der Waals surface area contributed by atoms with E-state index in [1.807, 2.05) is 0 Å². The lowest BCUT2D eigenvalue weighted by molar-refractivity contribution is -0.148. The van der Waals surface area contributed by atoms with Crippen molar-refractivity contribution in [1.29, 1.82) is 0 Å². The van der Waals surface area contributed by atoms with Gasteiger partial charge < -0.3 is 15.4 Å². The number of carbonyl (C=O) groups excluding carboxylic acids is 3. The maximum atomic E-state index is 12.3. The number of esters is 1. The third-order valence-electron chi connectivity index (χ3n) is 6.88. The van der Waals surface area contributed by atoms with Gasteiger partial charge in [-0.2, -0.15) is 0 Å². The van der Waals surface area contributed by atoms with Gasteiger partial charge in [0.2, 0.25) is 0 Å². The summed E-state index contributed by atoms with van der Waals surface area (Å²) in [6.45, 7) is 1.56. The smallest absolute Gasteiger partial charge is 0.325 e. The van der Waals surface area contributed by atoms with Gasteiger partial charge in [0.25, 0.3) is 11.8 Å². The van der Waals surface area contributed by atoms with E-state index in [-0.39, 0.29) is 36.4 Å². The van der Waals surface area contributed by atoms with E-state index in [2.05, 4.69) is 17.6 Å². The first-order chi connectivity index (χ1) is 13.4. The van der Waals surface area contributed by atoms with Crippen molar-refractivity contribution in [2.24, 2.45) is 23.2 Å². The Morgan fingerprint density at radius 1 is 1.18 bits per heavy atom. The SMILES string of the molecule is C[C@@H](NC(=O)COC(=O)CNC(=O)c1cccs1)C12CC3CC(CC(C3)C1)C2. The fraction of sp³-hybridized carbons (Fsp3) is 0.667. The highest BCUT2D eigenvalue weighted by Gasteiger charge is 2.53. The van der Waals surface area contributed by atoms with Crippen LogP contribution in [0, 0.1) is 23.2 Å². The van der Waals surface area contributed by atoms with Crippen LogP contribution in [0.2, 0.25) is 0 Å². The van der Waals surface area contributed by atoms with Crippen LogP contribution in [0.25, 0.3) is 0 Å². The highest BCUT2D eigenvalue weighted by atomic mass is 32.1. The number of carbonyl (C=O) groups is 3. The third-order valence-corrected chi connectivity index (χ3v) is 7.75. The molecule has 7 heteroatoms. The first kappa shape index (κ1) is 19.4. The lowest BCUT2D eigenvalue weighted by atomic mass is 9.48. The van der Waals surface area contributed by atoms with Crippen molar-refractivity contribution in [3.63, 3.8) is 0 Å². The Morgan fingerprint density at radius 2 is 1.82 bits per heavy atom. The monoisotopic (exact) mass is 404 g/mol. The van der Waals surface area contributed by atoms with Gasteiger partial charge in [0.15, 0.2) is 6.61 Å². The molecular weight excluding hydrogens is 376 g/mol. The van der Waals surface area contributed by atoms with E-state index in [4.69, 9.17) is 4.74 Å². The Labute approximate surface area is 169 Å². The van der Waals surface area contributed by atoms with Crippen molar-refractivity contribution in [2.45, 2.75) is 51.5 Å². The minimum absolute atomic E-state index is 0.102. The summed E-state index contributed by atoms with van der Waals surface area (Å²) in [5, 5.41) is 7.38. The first-order valence-corrected chi connectivity index (χ1v) is 11.1. The number of hydrogen-bond acceptors (Lipinski definition) is 5. The molecule has 0 spiro atoms. The van der Waals surface area contributed by atoms with E-state index in [1.54, 1.807) is 17.5 Å². The van der Waals surface area contributed by atoms with Crippen LogP contribution in [0.4, 0.5) is 0 Å². The molecule has 4 aliphatic rings. The van der Waals surface area contributed by atoms with Gasteiger partial charge in [-0.3, -0.25) is 14.4 Å². The third kappa shape index (κ3) is 4.09. The number of nitrogens with one attached hydrogen (secondary N) is 2. The Hall–Kier alpha value is -1.89. The molecule has 4 bridgehead atoms. The second-order valence-electron chi connectivity index (χ2n) is 8.89. The molecule has 4 fully saturated rings. The molecule has 1 heterocycles. The van der Waals surface area contributed by atoms with E-state index in [1.165, 1.54) is 49.9 Å². The van der Waals surface area contributed by atoms with Crippen molar-refractivity contribution in [3.8, 4) is 0 Å². The minimum Gasteiger partial charge on any atom is -0.454 e. The summed E-state index contributed by atoms with van der Waals surface area (Å²) in [4.78, 5) is 36.5. The summed E-state index contributed by atoms with van der Waals surface area (Å²) in [6, 6.07) is 3.56. The van der Waals surface area contributed by atoms with Gasteiger partial charge >= 0.3 is 5.97 Å². The molecule has 28 heavy (non-hydrogen) atoms. The summed E-state index contributed by atoms with van der Waals surface area (Å²) in [6.07, 6.45) is 7.76. The number of thiophene rings is 1. The molecule has 0 radical (unpaired) electrons. The predicted octanol–water partition coefficient (Wildman–Crippen LogP) is 2.74. The van der Waals surface area contributed by atoms with Crippen molar-refractivity contribution in [2.75, 3.05) is 13.2 Å². The van der Waals surface area contributed by atoms with Gasteiger partial charge in [0.05, 0.1) is 4.88 Å². The fourth-order valence-electron chi connectivity index (χ4n) is 5.99. The minimum atomic E-state index is -0.609. The van der Waals surface area contributed by atoms with Crippen LogP contribution >= 0.6 is 11.3 Å². The molecule has 4 aliphatic carbocycles. The van der Waals surface area contributed by atoms with E-state index >= 15 is 0 Å². The second kappa shape index (κ2) is 7.85. The Morgan fingerprint density at radius 3 is 2.39 bits per heavy atom. The number of hydrogen-bond donors (Lipinski definition) is 2. The quantitative estimate of drug-likeness (QED) is 0.685. The molecule has 1 atom stereocenters. The molecular formula is C21H28N2O4S. The summed E-state index contributed by atoms with van der Waals surface area (Å²) in [5.74, 6) is 1.30. The predicted molar refractivity (Wildman–Crippen MR) is 106 cm³/mol. The largest absolute Gasteiger partial charge is 0.454 e. The highest BCUT2D eigenvalue weighted by Crippen LogP contribution is 2.61. The zero-order valence-corrected chi connectivity index (χ0v) is 17.1. The zero-order chi connectivity index (χ0) is 19.7. The van der Waals surface area contributed by atoms with E-state index in [0.717, 1.165) is 17.8 Å². The molecule has 0 aliphatic heterocycles. The molecule has 0 saturated heterocycles. The zero-order valence-electron chi connectivity index (χ0n) is 16.2. The molecule has 0 aromatic carbocycles. The second-order valence-corrected chi connectivity index (χ2v) is 9.84. The molecule has 0 unspecified atom stereocenters. The Kier molecular flexibility index (Phi) is 5.45. The Balaban J connectivity index is 1.20. The van der Waals surface area contributed by atoms with Gasteiger partial charge in [0.1, 0.15) is 6.54 Å². The van der Waals surface area contributed by atoms with Crippen molar-refractivity contribution in [3.05, 3.63) is 22.4 Å². The summed E-state index contributed by atoms with van der Waals surface area (Å²) >= 11 is 1.30. The van der Waals surface area contributed by atoms with Crippen molar-refractivity contribution >= 4 is 29.1 Å². The Bertz CT molecular complexity index is 710. The highest BCUT2D eigenvalue weighted by molar-refractivity contribution is 7.12. The van der Waals surface area contributed by atoms with Crippen LogP contribution in [0.15, 0.2) is 17.5 Å². The van der Waals surface area contributed by atoms with Crippen LogP contribution in [0.3, 0.4) is 0 Å². The molecule has 1 aromatic heterocycles. The van der Waals surface area contributed by atoms with Crippen LogP contribution in [0.1, 0.15) is 55.1 Å². The standard InChI is InChI=1S/C21H28N2O4S/c1-13(21-8-14-5-15(9-21)7-16(6-14)10-21)23-18(24)12-27-19(25)11-22-20(26)17-3-2-4-28-17/h2-4,13-16H,5-12H2,1H3,(H,22,26)(H,23,24)/t13-,14?,15?,16?,21?/m1/s1. The fourth-order valence-corrected chi connectivity index (χ4v) is 6.63. The van der Waals surface area contributed by atoms with Crippen molar-refractivity contribution in [1.82, 2.24) is 10.6 Å². The topological polar surface area (TPSA) is 84.5 Å². The van der Waals surface area contributed by atoms with Crippen LogP contribution in [0.5, 0.6) is 0 Å². The van der Waals surface area contributed by atoms with E-state index < -0.39 is 5.97 Å². The lowest BCUT2D eigenvalue weighted by Gasteiger charge is -2.59. The van der Waals surface area contributed by atoms with Crippen LogP contribution in [-0.2, 0) is 14.3 Å². The molecule has 1 aromatic rings. The van der Waals surface area contributed by atoms with E-state index in [9.17, 15) is 14.4 Å². The van der Waals surface area contributed by atoms with Gasteiger partial charge in [-0.1, -0.05) is 6.07 Å². The van der Waals surface area contributed by atoms with Crippen molar-refractivity contribution < 1.29 is 19.1 Å². The molecule has 4 saturated carbocycles. The molecule has 6 nitrogen and oxygen atoms in total. The first-order valence-electron chi connectivity index (χ1n) is 10.2. The maximum absolute atomic E-state index is 12.3. The van der Waals surface area contributed by atoms with Gasteiger partial charge in [-0.05, 0) is 80.1 Å². The van der Waals surface area contributed by atoms with Crippen LogP contribution in [-0.4, -0.2) is 37.0 Å². The molecule has 2 N–H and O–H groups in total. The lowest BCUT2D eigenvalue weighted by Crippen LogP contribution is -2.56. The van der Waals surface area contributed by atoms with Gasteiger partial charge in [-0.15, -0.1) is 11.3 Å². The van der Waals surface area contributed by atoms with E-state index in [0.29, 0.717) is 4.88 Å². The average molecular weight is 405 g/mol. The van der Waals surface area contributed by atoms with Gasteiger partial charge in [-0.25, -0.2) is 0 Å². The average Bonchev–Trinajstić information content (AvgIpc) is 3.18.